The number of rotatable bonds is 2. The summed E-state index contributed by atoms with van der Waals surface area (Å²) in [5.74, 6) is -1.36. The lowest BCUT2D eigenvalue weighted by molar-refractivity contribution is -0.254. The predicted octanol–water partition coefficient (Wildman–Crippen LogP) is 0.601. The highest BCUT2D eigenvalue weighted by molar-refractivity contribution is 5.94. The maximum Gasteiger partial charge on any atom is 0.394 e. The van der Waals surface area contributed by atoms with Crippen molar-refractivity contribution in [1.29, 1.82) is 5.39 Å². The fraction of sp³-hybridized carbons (Fsp3) is 0.222. The van der Waals surface area contributed by atoms with Crippen molar-refractivity contribution in [3.05, 3.63) is 28.7 Å². The van der Waals surface area contributed by atoms with Gasteiger partial charge in [0.15, 0.2) is 4.98 Å². The van der Waals surface area contributed by atoms with Gasteiger partial charge in [-0.05, 0) is 12.1 Å². The zero-order valence-electron chi connectivity index (χ0n) is 7.89. The van der Waals surface area contributed by atoms with Crippen LogP contribution in [-0.2, 0) is 0 Å². The second-order valence-corrected chi connectivity index (χ2v) is 2.98. The van der Waals surface area contributed by atoms with E-state index in [2.05, 4.69) is 4.98 Å². The first-order valence-electron chi connectivity index (χ1n) is 3.94. The number of hydrogen-bond acceptors (Lipinski definition) is 4. The van der Waals surface area contributed by atoms with Gasteiger partial charge in [0.05, 0.1) is 11.5 Å². The lowest BCUT2D eigenvalue weighted by Gasteiger charge is -2.12. The van der Waals surface area contributed by atoms with Crippen LogP contribution in [0.4, 0.5) is 11.4 Å². The van der Waals surface area contributed by atoms with Gasteiger partial charge in [0.1, 0.15) is 0 Å². The predicted molar refractivity (Wildman–Crippen MR) is 49.8 cm³/mol. The van der Waals surface area contributed by atoms with Gasteiger partial charge >= 0.3 is 5.69 Å². The van der Waals surface area contributed by atoms with Gasteiger partial charge in [0, 0.05) is 25.8 Å². The maximum atomic E-state index is 10.7. The Morgan fingerprint density at radius 2 is 2.14 bits per heavy atom. The molecule has 0 aliphatic heterocycles. The largest absolute Gasteiger partial charge is 0.545 e. The number of carboxylic acid groups (broad SMARTS) is 1. The van der Waals surface area contributed by atoms with Gasteiger partial charge in [-0.15, -0.1) is 0 Å². The summed E-state index contributed by atoms with van der Waals surface area (Å²) >= 11 is 0. The first-order valence-corrected chi connectivity index (χ1v) is 3.94. The molecule has 0 radical (unpaired) electrons. The van der Waals surface area contributed by atoms with Crippen molar-refractivity contribution in [3.8, 4) is 0 Å². The number of benzene rings is 1. The third-order valence-electron chi connectivity index (χ3n) is 1.82. The number of diazo groups is 1. The van der Waals surface area contributed by atoms with Crippen LogP contribution in [0.25, 0.3) is 4.98 Å². The summed E-state index contributed by atoms with van der Waals surface area (Å²) < 4.78 is 0. The van der Waals surface area contributed by atoms with E-state index in [1.165, 1.54) is 12.1 Å². The molecule has 0 saturated heterocycles. The van der Waals surface area contributed by atoms with Gasteiger partial charge < -0.3 is 14.8 Å². The number of hydrogen-bond donors (Lipinski definition) is 0. The van der Waals surface area contributed by atoms with Crippen molar-refractivity contribution in [3.63, 3.8) is 0 Å². The Morgan fingerprint density at radius 3 is 2.57 bits per heavy atom. The van der Waals surface area contributed by atoms with Crippen molar-refractivity contribution in [2.24, 2.45) is 0 Å². The lowest BCUT2D eigenvalue weighted by atomic mass is 10.1. The van der Waals surface area contributed by atoms with E-state index in [-0.39, 0.29) is 11.3 Å². The standard InChI is InChI=1S/C9H9N3O2/c1-12(2)6-3-4-8(11-10)7(5-6)9(13)14/h3-5H,1-2H3. The van der Waals surface area contributed by atoms with Gasteiger partial charge in [-0.2, -0.15) is 0 Å². The molecule has 5 heteroatoms. The van der Waals surface area contributed by atoms with Crippen LogP contribution >= 0.6 is 0 Å². The van der Waals surface area contributed by atoms with Crippen LogP contribution in [0.3, 0.4) is 0 Å². The molecule has 0 heterocycles. The molecule has 0 unspecified atom stereocenters. The van der Waals surface area contributed by atoms with Crippen LogP contribution in [0, 0.1) is 5.39 Å². The normalized spacial score (nSPS) is 9.21. The summed E-state index contributed by atoms with van der Waals surface area (Å²) in [5, 5.41) is 19.2. The van der Waals surface area contributed by atoms with E-state index >= 15 is 0 Å². The number of carboxylic acids is 1. The van der Waals surface area contributed by atoms with E-state index in [1.807, 2.05) is 0 Å². The highest BCUT2D eigenvalue weighted by atomic mass is 16.4. The van der Waals surface area contributed by atoms with Crippen LogP contribution in [-0.4, -0.2) is 20.1 Å². The molecule has 0 atom stereocenters. The molecular formula is C9H9N3O2. The summed E-state index contributed by atoms with van der Waals surface area (Å²) in [6, 6.07) is 4.46. The van der Waals surface area contributed by atoms with Crippen LogP contribution in [0.5, 0.6) is 0 Å². The fourth-order valence-corrected chi connectivity index (χ4v) is 1.05. The molecule has 0 spiro atoms. The number of carbonyl (C=O) groups excluding carboxylic acids is 1. The van der Waals surface area contributed by atoms with Crippen LogP contribution < -0.4 is 10.0 Å². The highest BCUT2D eigenvalue weighted by Gasteiger charge is 2.15. The Bertz CT molecular complexity index is 407. The molecule has 0 aliphatic rings. The molecule has 0 aliphatic carbocycles. The van der Waals surface area contributed by atoms with Gasteiger partial charge in [-0.1, -0.05) is 0 Å². The maximum absolute atomic E-state index is 10.7. The van der Waals surface area contributed by atoms with E-state index in [0.29, 0.717) is 5.69 Å². The van der Waals surface area contributed by atoms with Crippen molar-refractivity contribution < 1.29 is 9.90 Å². The zero-order chi connectivity index (χ0) is 10.7. The molecule has 0 amide bonds. The average molecular weight is 191 g/mol. The summed E-state index contributed by atoms with van der Waals surface area (Å²) in [7, 11) is 3.56. The molecule has 0 bridgehead atoms. The molecule has 5 nitrogen and oxygen atoms in total. The smallest absolute Gasteiger partial charge is 0.394 e. The summed E-state index contributed by atoms with van der Waals surface area (Å²) in [5.41, 5.74) is 0.575. The third-order valence-corrected chi connectivity index (χ3v) is 1.82. The Morgan fingerprint density at radius 1 is 1.50 bits per heavy atom. The van der Waals surface area contributed by atoms with E-state index in [1.54, 1.807) is 25.1 Å². The number of carbonyl (C=O) groups is 1. The summed E-state index contributed by atoms with van der Waals surface area (Å²) in [6.07, 6.45) is 0. The molecule has 1 rings (SSSR count). The molecule has 1 aromatic rings. The van der Waals surface area contributed by atoms with Crippen molar-refractivity contribution in [1.82, 2.24) is 0 Å². The second-order valence-electron chi connectivity index (χ2n) is 2.98. The van der Waals surface area contributed by atoms with Gasteiger partial charge in [0.25, 0.3) is 0 Å². The number of aromatic carboxylic acids is 1. The first-order chi connectivity index (χ1) is 6.56. The molecule has 1 aromatic carbocycles. The monoisotopic (exact) mass is 191 g/mol. The van der Waals surface area contributed by atoms with Crippen molar-refractivity contribution >= 4 is 17.3 Å². The summed E-state index contributed by atoms with van der Waals surface area (Å²) in [4.78, 5) is 15.3. The molecule has 0 N–H and O–H groups in total. The molecular weight excluding hydrogens is 182 g/mol. The Hall–Kier alpha value is -2.09. The Labute approximate surface area is 81.2 Å². The van der Waals surface area contributed by atoms with Crippen LogP contribution in [0.15, 0.2) is 18.2 Å². The van der Waals surface area contributed by atoms with Crippen molar-refractivity contribution in [2.75, 3.05) is 19.0 Å². The number of nitrogens with zero attached hydrogens (tertiary/aromatic N) is 3. The van der Waals surface area contributed by atoms with E-state index in [0.717, 1.165) is 0 Å². The quantitative estimate of drug-likeness (QED) is 0.642. The SMILES string of the molecule is CN(C)c1ccc([N+]#N)c(C(=O)[O-])c1. The van der Waals surface area contributed by atoms with E-state index < -0.39 is 5.97 Å². The first kappa shape index (κ1) is 9.99. The minimum absolute atomic E-state index is 0.00407. The Balaban J connectivity index is 3.30. The van der Waals surface area contributed by atoms with Crippen LogP contribution in [0.1, 0.15) is 10.4 Å². The molecule has 72 valence electrons. The van der Waals surface area contributed by atoms with E-state index in [4.69, 9.17) is 5.39 Å². The van der Waals surface area contributed by atoms with Gasteiger partial charge in [-0.25, -0.2) is 0 Å². The van der Waals surface area contributed by atoms with Gasteiger partial charge in [-0.3, -0.25) is 0 Å². The third kappa shape index (κ3) is 1.80. The topological polar surface area (TPSA) is 71.5 Å². The molecule has 0 fully saturated rings. The van der Waals surface area contributed by atoms with Crippen molar-refractivity contribution in [2.45, 2.75) is 0 Å². The lowest BCUT2D eigenvalue weighted by Crippen LogP contribution is -2.22. The van der Waals surface area contributed by atoms with E-state index in [9.17, 15) is 9.90 Å². The molecule has 0 saturated carbocycles. The summed E-state index contributed by atoms with van der Waals surface area (Å²) in [6.45, 7) is 0. The number of anilines is 1. The highest BCUT2D eigenvalue weighted by Crippen LogP contribution is 2.23. The van der Waals surface area contributed by atoms with Crippen LogP contribution in [0.2, 0.25) is 0 Å². The molecule has 14 heavy (non-hydrogen) atoms. The zero-order valence-corrected chi connectivity index (χ0v) is 7.89. The minimum atomic E-state index is -1.36. The second kappa shape index (κ2) is 3.75. The average Bonchev–Trinajstić information content (AvgIpc) is 2.16. The molecule has 0 aromatic heterocycles. The minimum Gasteiger partial charge on any atom is -0.545 e. The van der Waals surface area contributed by atoms with Gasteiger partial charge in [0.2, 0.25) is 5.39 Å². The fourth-order valence-electron chi connectivity index (χ4n) is 1.05. The Kier molecular flexibility index (Phi) is 2.67.